The van der Waals surface area contributed by atoms with Crippen molar-refractivity contribution in [2.45, 2.75) is 31.6 Å². The lowest BCUT2D eigenvalue weighted by Gasteiger charge is -2.40. The molecule has 0 amide bonds. The van der Waals surface area contributed by atoms with Crippen molar-refractivity contribution in [2.24, 2.45) is 0 Å². The minimum absolute atomic E-state index is 0.0609. The molecule has 1 spiro atoms. The molecule has 3 heteroatoms. The molecule has 0 saturated heterocycles. The van der Waals surface area contributed by atoms with E-state index in [1.807, 2.05) is 0 Å². The molecule has 2 aliphatic rings. The number of benzene rings is 8. The van der Waals surface area contributed by atoms with Gasteiger partial charge < -0.3 is 13.9 Å². The minimum atomic E-state index is -0.605. The average molecular weight is 719 g/mol. The van der Waals surface area contributed by atoms with Crippen LogP contribution >= 0.6 is 0 Å². The fraction of sp³-hybridized carbons (Fsp3) is 0.0943. The maximum Gasteiger partial charge on any atom is 0.145 e. The Morgan fingerprint density at radius 2 is 1.14 bits per heavy atom. The van der Waals surface area contributed by atoms with E-state index in [0.717, 1.165) is 39.0 Å². The summed E-state index contributed by atoms with van der Waals surface area (Å²) in [6.07, 6.45) is 0. The van der Waals surface area contributed by atoms with Crippen LogP contribution in [-0.2, 0) is 10.8 Å². The van der Waals surface area contributed by atoms with Gasteiger partial charge in [0.05, 0.1) is 27.5 Å². The lowest BCUT2D eigenvalue weighted by Crippen LogP contribution is -2.33. The van der Waals surface area contributed by atoms with Crippen LogP contribution in [-0.4, -0.2) is 4.57 Å². The minimum Gasteiger partial charge on any atom is -0.455 e. The van der Waals surface area contributed by atoms with E-state index in [2.05, 4.69) is 206 Å². The van der Waals surface area contributed by atoms with Crippen LogP contribution in [0.25, 0.3) is 60.6 Å². The quantitative estimate of drug-likeness (QED) is 0.181. The fourth-order valence-corrected chi connectivity index (χ4v) is 10.1. The van der Waals surface area contributed by atoms with E-state index in [1.54, 1.807) is 0 Å². The Kier molecular flexibility index (Phi) is 6.25. The number of hydrogen-bond donors (Lipinski definition) is 0. The molecular formula is C53H38N2O. The first-order valence-electron chi connectivity index (χ1n) is 19.6. The summed E-state index contributed by atoms with van der Waals surface area (Å²) in [5.41, 5.74) is 17.3. The van der Waals surface area contributed by atoms with Gasteiger partial charge in [0.2, 0.25) is 0 Å². The van der Waals surface area contributed by atoms with E-state index >= 15 is 0 Å². The Morgan fingerprint density at radius 1 is 0.500 bits per heavy atom. The monoisotopic (exact) mass is 718 g/mol. The van der Waals surface area contributed by atoms with Gasteiger partial charge in [-0.25, -0.2) is 0 Å². The number of hydrogen-bond acceptors (Lipinski definition) is 2. The van der Waals surface area contributed by atoms with Crippen molar-refractivity contribution < 1.29 is 4.42 Å². The molecule has 266 valence electrons. The maximum atomic E-state index is 6.85. The zero-order valence-corrected chi connectivity index (χ0v) is 31.5. The highest BCUT2D eigenvalue weighted by Crippen LogP contribution is 2.62. The summed E-state index contributed by atoms with van der Waals surface area (Å²) in [5, 5.41) is 4.66. The second kappa shape index (κ2) is 11.1. The van der Waals surface area contributed by atoms with Crippen molar-refractivity contribution in [1.29, 1.82) is 0 Å². The number of furan rings is 1. The average Bonchev–Trinajstić information content (AvgIpc) is 3.87. The first kappa shape index (κ1) is 31.5. The van der Waals surface area contributed by atoms with Gasteiger partial charge in [0.25, 0.3) is 0 Å². The van der Waals surface area contributed by atoms with Crippen LogP contribution in [0.1, 0.15) is 48.6 Å². The van der Waals surface area contributed by atoms with Gasteiger partial charge in [-0.2, -0.15) is 0 Å². The second-order valence-corrected chi connectivity index (χ2v) is 16.5. The molecule has 56 heavy (non-hydrogen) atoms. The van der Waals surface area contributed by atoms with E-state index in [4.69, 9.17) is 4.42 Å². The largest absolute Gasteiger partial charge is 0.455 e. The Labute approximate surface area is 325 Å². The molecular weight excluding hydrogens is 681 g/mol. The molecule has 0 bridgehead atoms. The molecule has 1 aliphatic heterocycles. The predicted octanol–water partition coefficient (Wildman–Crippen LogP) is 14.1. The first-order chi connectivity index (χ1) is 27.4. The third kappa shape index (κ3) is 4.02. The van der Waals surface area contributed by atoms with E-state index in [-0.39, 0.29) is 5.41 Å². The van der Waals surface area contributed by atoms with Gasteiger partial charge in [-0.05, 0) is 105 Å². The van der Waals surface area contributed by atoms with Crippen molar-refractivity contribution in [2.75, 3.05) is 4.90 Å². The van der Waals surface area contributed by atoms with E-state index in [0.29, 0.717) is 0 Å². The maximum absolute atomic E-state index is 6.85. The van der Waals surface area contributed by atoms with E-state index in [1.165, 1.54) is 66.4 Å². The molecule has 0 fully saturated rings. The Morgan fingerprint density at radius 3 is 1.96 bits per heavy atom. The van der Waals surface area contributed by atoms with Crippen molar-refractivity contribution in [3.63, 3.8) is 0 Å². The zero-order chi connectivity index (χ0) is 37.3. The Balaban J connectivity index is 1.23. The smallest absolute Gasteiger partial charge is 0.145 e. The molecule has 3 nitrogen and oxygen atoms in total. The van der Waals surface area contributed by atoms with Crippen LogP contribution in [0.2, 0.25) is 0 Å². The highest BCUT2D eigenvalue weighted by molar-refractivity contribution is 6.26. The van der Waals surface area contributed by atoms with Crippen LogP contribution in [0.5, 0.6) is 0 Å². The van der Waals surface area contributed by atoms with Crippen molar-refractivity contribution in [3.8, 4) is 16.8 Å². The number of para-hydroxylation sites is 4. The third-order valence-corrected chi connectivity index (χ3v) is 12.5. The third-order valence-electron chi connectivity index (χ3n) is 12.5. The van der Waals surface area contributed by atoms with Crippen LogP contribution in [0, 0.1) is 0 Å². The van der Waals surface area contributed by atoms with Gasteiger partial charge in [-0.15, -0.1) is 0 Å². The van der Waals surface area contributed by atoms with Gasteiger partial charge in [-0.3, -0.25) is 0 Å². The van der Waals surface area contributed by atoms with Gasteiger partial charge >= 0.3 is 0 Å². The number of rotatable bonds is 3. The number of aromatic nitrogens is 1. The van der Waals surface area contributed by atoms with Gasteiger partial charge in [0.15, 0.2) is 0 Å². The van der Waals surface area contributed by atoms with Gasteiger partial charge in [0.1, 0.15) is 11.2 Å². The summed E-state index contributed by atoms with van der Waals surface area (Å²) in [5.74, 6) is 0. The molecule has 3 heterocycles. The van der Waals surface area contributed by atoms with Crippen molar-refractivity contribution in [1.82, 2.24) is 4.57 Å². The van der Waals surface area contributed by atoms with Crippen LogP contribution in [0.15, 0.2) is 180 Å². The van der Waals surface area contributed by atoms with Crippen LogP contribution in [0.3, 0.4) is 0 Å². The lowest BCUT2D eigenvalue weighted by molar-refractivity contribution is 0.590. The van der Waals surface area contributed by atoms with E-state index < -0.39 is 5.41 Å². The van der Waals surface area contributed by atoms with Crippen molar-refractivity contribution in [3.05, 3.63) is 204 Å². The number of anilines is 3. The predicted molar refractivity (Wildman–Crippen MR) is 232 cm³/mol. The molecule has 1 unspecified atom stereocenters. The summed E-state index contributed by atoms with van der Waals surface area (Å²) in [6, 6.07) is 65.1. The topological polar surface area (TPSA) is 21.3 Å². The standard InChI is InChI=1S/C53H38N2O/c1-52(2,3)33-25-27-35(28-26-33)54(34-15-5-4-6-16-34)36-29-30-38-37-17-7-10-20-42(37)53(44(38)31-36)43-21-11-13-23-47(43)55-46-22-12-8-19-40(46)49-50(55)45(53)32-41-39-18-9-14-24-48(39)56-51(41)49/h4-32H,1-3H3. The zero-order valence-electron chi connectivity index (χ0n) is 31.5. The second-order valence-electron chi connectivity index (χ2n) is 16.5. The molecule has 0 radical (unpaired) electrons. The van der Waals surface area contributed by atoms with Crippen LogP contribution in [0.4, 0.5) is 17.1 Å². The molecule has 0 saturated carbocycles. The van der Waals surface area contributed by atoms with Crippen molar-refractivity contribution >= 4 is 60.8 Å². The summed E-state index contributed by atoms with van der Waals surface area (Å²) >= 11 is 0. The molecule has 10 aromatic rings. The first-order valence-corrected chi connectivity index (χ1v) is 19.6. The molecule has 8 aromatic carbocycles. The molecule has 0 N–H and O–H groups in total. The normalized spacial score (nSPS) is 15.5. The fourth-order valence-electron chi connectivity index (χ4n) is 10.1. The highest BCUT2D eigenvalue weighted by atomic mass is 16.3. The Hall–Kier alpha value is -6.84. The van der Waals surface area contributed by atoms with E-state index in [9.17, 15) is 0 Å². The van der Waals surface area contributed by atoms with Gasteiger partial charge in [-0.1, -0.05) is 136 Å². The summed E-state index contributed by atoms with van der Waals surface area (Å²) < 4.78 is 9.35. The number of nitrogens with zero attached hydrogens (tertiary/aromatic N) is 2. The molecule has 1 atom stereocenters. The highest BCUT2D eigenvalue weighted by Gasteiger charge is 2.51. The summed E-state index contributed by atoms with van der Waals surface area (Å²) in [4.78, 5) is 2.41. The SMILES string of the molecule is CC(C)(C)c1ccc(N(c2ccccc2)c2ccc3c(c2)C2(c4ccccc4-3)c3ccccc3-n3c4ccccc4c4c5oc6ccccc6c5cc2c43)cc1. The summed E-state index contributed by atoms with van der Waals surface area (Å²) in [7, 11) is 0. The molecule has 1 aliphatic carbocycles. The number of fused-ring (bicyclic) bond motifs is 16. The lowest BCUT2D eigenvalue weighted by atomic mass is 9.65. The van der Waals surface area contributed by atoms with Crippen LogP contribution < -0.4 is 4.90 Å². The summed E-state index contributed by atoms with van der Waals surface area (Å²) in [6.45, 7) is 6.82. The Bertz CT molecular complexity index is 3230. The van der Waals surface area contributed by atoms with Gasteiger partial charge in [0, 0.05) is 33.2 Å². The molecule has 12 rings (SSSR count). The molecule has 2 aromatic heterocycles.